The number of nitrogens with one attached hydrogen (secondary N) is 1. The van der Waals surface area contributed by atoms with Crippen molar-refractivity contribution >= 4 is 15.9 Å². The van der Waals surface area contributed by atoms with Crippen LogP contribution in [0.5, 0.6) is 0 Å². The molecule has 0 saturated carbocycles. The lowest BCUT2D eigenvalue weighted by Gasteiger charge is -2.10. The van der Waals surface area contributed by atoms with Gasteiger partial charge in [-0.3, -0.25) is 0 Å². The highest BCUT2D eigenvalue weighted by Gasteiger charge is 2.03. The van der Waals surface area contributed by atoms with Crippen LogP contribution in [0.1, 0.15) is 38.3 Å². The largest absolute Gasteiger partial charge is 0.379 e. The maximum atomic E-state index is 5.63. The molecule has 0 aliphatic rings. The molecule has 1 rings (SSSR count). The molecular weight excluding hydrogens is 330 g/mol. The van der Waals surface area contributed by atoms with Crippen molar-refractivity contribution in [3.63, 3.8) is 0 Å². The molecule has 0 aliphatic heterocycles. The van der Waals surface area contributed by atoms with Gasteiger partial charge in [0, 0.05) is 17.6 Å². The molecule has 0 fully saturated rings. The zero-order chi connectivity index (χ0) is 15.5. The quantitative estimate of drug-likeness (QED) is 0.603. The lowest BCUT2D eigenvalue weighted by molar-refractivity contribution is 0.0406. The Morgan fingerprint density at radius 1 is 1.14 bits per heavy atom. The summed E-state index contributed by atoms with van der Waals surface area (Å²) in [5.41, 5.74) is 2.47. The summed E-state index contributed by atoms with van der Waals surface area (Å²) in [5, 5.41) is 3.45. The van der Waals surface area contributed by atoms with Crippen LogP contribution in [-0.2, 0) is 22.6 Å². The van der Waals surface area contributed by atoms with E-state index in [1.165, 1.54) is 11.1 Å². The third-order valence-corrected chi connectivity index (χ3v) is 3.72. The second-order valence-corrected chi connectivity index (χ2v) is 6.47. The highest BCUT2D eigenvalue weighted by Crippen LogP contribution is 2.19. The summed E-state index contributed by atoms with van der Waals surface area (Å²) in [4.78, 5) is 0. The third kappa shape index (κ3) is 8.57. The second kappa shape index (κ2) is 11.2. The number of hydrogen-bond acceptors (Lipinski definition) is 3. The van der Waals surface area contributed by atoms with E-state index < -0.39 is 0 Å². The van der Waals surface area contributed by atoms with Gasteiger partial charge < -0.3 is 14.8 Å². The molecule has 21 heavy (non-hydrogen) atoms. The molecule has 0 radical (unpaired) electrons. The molecule has 0 atom stereocenters. The fourth-order valence-electron chi connectivity index (χ4n) is 1.87. The molecule has 1 aromatic carbocycles. The van der Waals surface area contributed by atoms with E-state index in [9.17, 15) is 0 Å². The van der Waals surface area contributed by atoms with Crippen molar-refractivity contribution in [2.24, 2.45) is 5.92 Å². The van der Waals surface area contributed by atoms with Crippen LogP contribution in [-0.4, -0.2) is 26.4 Å². The van der Waals surface area contributed by atoms with E-state index in [-0.39, 0.29) is 0 Å². The molecule has 3 nitrogen and oxygen atoms in total. The van der Waals surface area contributed by atoms with Crippen LogP contribution in [0.4, 0.5) is 0 Å². The zero-order valence-corrected chi connectivity index (χ0v) is 15.0. The molecule has 0 saturated heterocycles. The highest BCUT2D eigenvalue weighted by molar-refractivity contribution is 9.10. The Hall–Kier alpha value is -0.420. The van der Waals surface area contributed by atoms with Gasteiger partial charge in [0.25, 0.3) is 0 Å². The molecule has 0 amide bonds. The van der Waals surface area contributed by atoms with Crippen LogP contribution >= 0.6 is 15.9 Å². The van der Waals surface area contributed by atoms with Crippen LogP contribution in [0, 0.1) is 5.92 Å². The van der Waals surface area contributed by atoms with E-state index in [4.69, 9.17) is 9.47 Å². The van der Waals surface area contributed by atoms with Crippen LogP contribution in [0.15, 0.2) is 22.7 Å². The first-order valence-electron chi connectivity index (χ1n) is 7.77. The average Bonchev–Trinajstić information content (AvgIpc) is 2.44. The van der Waals surface area contributed by atoms with Gasteiger partial charge >= 0.3 is 0 Å². The third-order valence-electron chi connectivity index (χ3n) is 2.98. The monoisotopic (exact) mass is 357 g/mol. The van der Waals surface area contributed by atoms with Gasteiger partial charge in [0.1, 0.15) is 0 Å². The van der Waals surface area contributed by atoms with Gasteiger partial charge in [0.15, 0.2) is 0 Å². The number of benzene rings is 1. The smallest absolute Gasteiger partial charge is 0.0728 e. The number of halogens is 1. The SMILES string of the molecule is CCCOCCOCc1ccc(CNCC(C)C)cc1Br. The van der Waals surface area contributed by atoms with Crippen molar-refractivity contribution in [2.75, 3.05) is 26.4 Å². The summed E-state index contributed by atoms with van der Waals surface area (Å²) < 4.78 is 12.1. The van der Waals surface area contributed by atoms with Gasteiger partial charge in [0.2, 0.25) is 0 Å². The Morgan fingerprint density at radius 3 is 2.57 bits per heavy atom. The fraction of sp³-hybridized carbons (Fsp3) is 0.647. The first-order chi connectivity index (χ1) is 10.1. The van der Waals surface area contributed by atoms with Gasteiger partial charge in [-0.1, -0.05) is 48.8 Å². The van der Waals surface area contributed by atoms with E-state index >= 15 is 0 Å². The molecule has 120 valence electrons. The van der Waals surface area contributed by atoms with Crippen LogP contribution < -0.4 is 5.32 Å². The highest BCUT2D eigenvalue weighted by atomic mass is 79.9. The normalized spacial score (nSPS) is 11.3. The lowest BCUT2D eigenvalue weighted by atomic mass is 10.1. The number of hydrogen-bond donors (Lipinski definition) is 1. The first kappa shape index (κ1) is 18.6. The molecule has 4 heteroatoms. The standard InChI is InChI=1S/C17H28BrNO2/c1-4-7-20-8-9-21-13-16-6-5-15(10-17(16)18)12-19-11-14(2)3/h5-6,10,14,19H,4,7-9,11-13H2,1-3H3. The predicted molar refractivity (Wildman–Crippen MR) is 91.5 cm³/mol. The first-order valence-corrected chi connectivity index (χ1v) is 8.56. The molecule has 0 spiro atoms. The van der Waals surface area contributed by atoms with Crippen molar-refractivity contribution in [1.82, 2.24) is 5.32 Å². The molecule has 0 aliphatic carbocycles. The predicted octanol–water partition coefficient (Wildman–Crippen LogP) is 4.14. The Balaban J connectivity index is 2.29. The molecule has 0 bridgehead atoms. The molecule has 1 N–H and O–H groups in total. The lowest BCUT2D eigenvalue weighted by Crippen LogP contribution is -2.18. The molecule has 0 unspecified atom stereocenters. The molecule has 1 aromatic rings. The Labute approximate surface area is 137 Å². The maximum absolute atomic E-state index is 5.63. The summed E-state index contributed by atoms with van der Waals surface area (Å²) >= 11 is 3.62. The molecular formula is C17H28BrNO2. The van der Waals surface area contributed by atoms with Gasteiger partial charge in [-0.05, 0) is 36.1 Å². The second-order valence-electron chi connectivity index (χ2n) is 5.62. The van der Waals surface area contributed by atoms with Crippen molar-refractivity contribution in [2.45, 2.75) is 40.3 Å². The van der Waals surface area contributed by atoms with Crippen LogP contribution in [0.3, 0.4) is 0 Å². The Kier molecular flexibility index (Phi) is 9.92. The van der Waals surface area contributed by atoms with Gasteiger partial charge in [0.05, 0.1) is 19.8 Å². The summed E-state index contributed by atoms with van der Waals surface area (Å²) in [6.07, 6.45) is 1.05. The van der Waals surface area contributed by atoms with E-state index in [1.807, 2.05) is 0 Å². The zero-order valence-electron chi connectivity index (χ0n) is 13.5. The van der Waals surface area contributed by atoms with E-state index in [1.54, 1.807) is 0 Å². The number of rotatable bonds is 11. The minimum absolute atomic E-state index is 0.621. The van der Waals surface area contributed by atoms with Gasteiger partial charge in [-0.15, -0.1) is 0 Å². The van der Waals surface area contributed by atoms with Gasteiger partial charge in [-0.25, -0.2) is 0 Å². The maximum Gasteiger partial charge on any atom is 0.0728 e. The van der Waals surface area contributed by atoms with Crippen molar-refractivity contribution < 1.29 is 9.47 Å². The van der Waals surface area contributed by atoms with E-state index in [0.717, 1.165) is 30.6 Å². The summed E-state index contributed by atoms with van der Waals surface area (Å²) in [6.45, 7) is 11.2. The number of ether oxygens (including phenoxy) is 2. The minimum Gasteiger partial charge on any atom is -0.379 e. The summed E-state index contributed by atoms with van der Waals surface area (Å²) in [6, 6.07) is 6.45. The molecule has 0 aromatic heterocycles. The van der Waals surface area contributed by atoms with Crippen LogP contribution in [0.25, 0.3) is 0 Å². The van der Waals surface area contributed by atoms with Gasteiger partial charge in [-0.2, -0.15) is 0 Å². The van der Waals surface area contributed by atoms with E-state index in [0.29, 0.717) is 25.7 Å². The Morgan fingerprint density at radius 2 is 1.90 bits per heavy atom. The fourth-order valence-corrected chi connectivity index (χ4v) is 2.41. The minimum atomic E-state index is 0.621. The summed E-state index contributed by atoms with van der Waals surface area (Å²) in [5.74, 6) is 0.677. The average molecular weight is 358 g/mol. The van der Waals surface area contributed by atoms with E-state index in [2.05, 4.69) is 60.2 Å². The van der Waals surface area contributed by atoms with Crippen molar-refractivity contribution in [3.05, 3.63) is 33.8 Å². The van der Waals surface area contributed by atoms with Crippen molar-refractivity contribution in [1.29, 1.82) is 0 Å². The molecule has 0 heterocycles. The Bertz CT molecular complexity index is 396. The van der Waals surface area contributed by atoms with Crippen molar-refractivity contribution in [3.8, 4) is 0 Å². The van der Waals surface area contributed by atoms with Crippen LogP contribution in [0.2, 0.25) is 0 Å². The topological polar surface area (TPSA) is 30.5 Å². The summed E-state index contributed by atoms with van der Waals surface area (Å²) in [7, 11) is 0.